The van der Waals surface area contributed by atoms with Crippen LogP contribution in [0.4, 0.5) is 4.39 Å². The van der Waals surface area contributed by atoms with Crippen molar-refractivity contribution in [3.63, 3.8) is 0 Å². The van der Waals surface area contributed by atoms with Crippen LogP contribution >= 0.6 is 0 Å². The minimum atomic E-state index is -0.228. The molecule has 2 aliphatic rings. The second-order valence-electron chi connectivity index (χ2n) is 7.45. The van der Waals surface area contributed by atoms with E-state index in [1.54, 1.807) is 18.3 Å². The maximum absolute atomic E-state index is 13.7. The molecular weight excluding hydrogens is 343 g/mol. The monoisotopic (exact) mass is 364 g/mol. The zero-order chi connectivity index (χ0) is 18.3. The normalized spacial score (nSPS) is 22.3. The van der Waals surface area contributed by atoms with E-state index in [-0.39, 0.29) is 11.4 Å². The van der Waals surface area contributed by atoms with Gasteiger partial charge in [-0.15, -0.1) is 0 Å². The van der Waals surface area contributed by atoms with E-state index in [4.69, 9.17) is 4.74 Å². The van der Waals surface area contributed by atoms with Crippen molar-refractivity contribution in [1.82, 2.24) is 19.4 Å². The van der Waals surface area contributed by atoms with Gasteiger partial charge in [0.25, 0.3) is 0 Å². The van der Waals surface area contributed by atoms with Crippen molar-refractivity contribution < 1.29 is 9.13 Å². The van der Waals surface area contributed by atoms with E-state index in [0.717, 1.165) is 49.7 Å². The van der Waals surface area contributed by atoms with E-state index < -0.39 is 0 Å². The molecule has 6 heteroatoms. The van der Waals surface area contributed by atoms with E-state index in [9.17, 15) is 4.39 Å². The number of aromatic nitrogens is 3. The standard InChI is InChI=1S/C21H21FN4O/c22-18-5-1-4-17(9-18)19-11-24-20-13-27-21(15-26(19)20)6-8-25(14-21)12-16-3-2-7-23-10-16/h1-5,7,9-11H,6,8,12-15H2. The SMILES string of the molecule is Fc1cccc(-c2cnc3n2CC2(CCN(Cc4cccnc4)C2)OC3)c1. The molecular formula is C21H21FN4O. The van der Waals surface area contributed by atoms with E-state index in [2.05, 4.69) is 25.5 Å². The summed E-state index contributed by atoms with van der Waals surface area (Å²) in [7, 11) is 0. The van der Waals surface area contributed by atoms with Gasteiger partial charge in [0.2, 0.25) is 0 Å². The summed E-state index contributed by atoms with van der Waals surface area (Å²) in [5, 5.41) is 0. The molecule has 1 aromatic carbocycles. The molecule has 0 bridgehead atoms. The minimum absolute atomic E-state index is 0.210. The van der Waals surface area contributed by atoms with E-state index in [0.29, 0.717) is 6.61 Å². The number of pyridine rings is 1. The summed E-state index contributed by atoms with van der Waals surface area (Å²) in [4.78, 5) is 11.1. The third-order valence-corrected chi connectivity index (χ3v) is 5.54. The van der Waals surface area contributed by atoms with E-state index in [1.807, 2.05) is 24.5 Å². The van der Waals surface area contributed by atoms with E-state index in [1.165, 1.54) is 11.6 Å². The molecule has 0 saturated carbocycles. The molecule has 0 amide bonds. The van der Waals surface area contributed by atoms with Crippen molar-refractivity contribution in [2.75, 3.05) is 13.1 Å². The van der Waals surface area contributed by atoms with Crippen molar-refractivity contribution in [3.05, 3.63) is 72.2 Å². The van der Waals surface area contributed by atoms with Gasteiger partial charge in [0, 0.05) is 37.6 Å². The first-order valence-corrected chi connectivity index (χ1v) is 9.26. The zero-order valence-electron chi connectivity index (χ0n) is 15.0. The second kappa shape index (κ2) is 6.55. The first-order valence-electron chi connectivity index (χ1n) is 9.26. The van der Waals surface area contributed by atoms with Gasteiger partial charge in [0.15, 0.2) is 0 Å². The highest BCUT2D eigenvalue weighted by molar-refractivity contribution is 5.59. The molecule has 27 heavy (non-hydrogen) atoms. The predicted octanol–water partition coefficient (Wildman–Crippen LogP) is 3.26. The van der Waals surface area contributed by atoms with Crippen molar-refractivity contribution in [1.29, 1.82) is 0 Å². The molecule has 5 rings (SSSR count). The quantitative estimate of drug-likeness (QED) is 0.716. The number of nitrogens with zero attached hydrogens (tertiary/aromatic N) is 4. The third-order valence-electron chi connectivity index (χ3n) is 5.54. The summed E-state index contributed by atoms with van der Waals surface area (Å²) < 4.78 is 22.2. The van der Waals surface area contributed by atoms with Gasteiger partial charge in [-0.05, 0) is 30.2 Å². The van der Waals surface area contributed by atoms with Crippen LogP contribution in [-0.4, -0.2) is 38.1 Å². The van der Waals surface area contributed by atoms with Crippen LogP contribution in [0.15, 0.2) is 55.0 Å². The first-order chi connectivity index (χ1) is 13.2. The molecule has 3 aromatic rings. The van der Waals surface area contributed by atoms with Crippen LogP contribution in [0, 0.1) is 5.82 Å². The lowest BCUT2D eigenvalue weighted by Crippen LogP contribution is -2.44. The average molecular weight is 364 g/mol. The summed E-state index contributed by atoms with van der Waals surface area (Å²) in [6, 6.07) is 10.8. The summed E-state index contributed by atoms with van der Waals surface area (Å²) in [5.41, 5.74) is 2.82. The van der Waals surface area contributed by atoms with Crippen LogP contribution in [0.1, 0.15) is 17.8 Å². The maximum Gasteiger partial charge on any atom is 0.135 e. The predicted molar refractivity (Wildman–Crippen MR) is 99.3 cm³/mol. The van der Waals surface area contributed by atoms with Gasteiger partial charge in [0.1, 0.15) is 23.8 Å². The fourth-order valence-corrected chi connectivity index (χ4v) is 4.19. The molecule has 1 fully saturated rings. The molecule has 138 valence electrons. The Morgan fingerprint density at radius 1 is 1.15 bits per heavy atom. The molecule has 0 aliphatic carbocycles. The molecule has 2 aromatic heterocycles. The van der Waals surface area contributed by atoms with Crippen LogP contribution in [0.25, 0.3) is 11.3 Å². The number of halogens is 1. The summed E-state index contributed by atoms with van der Waals surface area (Å²) >= 11 is 0. The molecule has 0 N–H and O–H groups in total. The largest absolute Gasteiger partial charge is 0.364 e. The Morgan fingerprint density at radius 2 is 2.11 bits per heavy atom. The Labute approximate surface area is 157 Å². The lowest BCUT2D eigenvalue weighted by Gasteiger charge is -2.35. The highest BCUT2D eigenvalue weighted by atomic mass is 19.1. The Balaban J connectivity index is 1.37. The summed E-state index contributed by atoms with van der Waals surface area (Å²) in [6.45, 7) is 4.00. The van der Waals surface area contributed by atoms with Crippen molar-refractivity contribution in [3.8, 4) is 11.3 Å². The van der Waals surface area contributed by atoms with Crippen molar-refractivity contribution in [2.24, 2.45) is 0 Å². The van der Waals surface area contributed by atoms with E-state index >= 15 is 0 Å². The molecule has 1 spiro atoms. The fraction of sp³-hybridized carbons (Fsp3) is 0.333. The van der Waals surface area contributed by atoms with Gasteiger partial charge < -0.3 is 9.30 Å². The van der Waals surface area contributed by atoms with Gasteiger partial charge in [-0.25, -0.2) is 9.37 Å². The minimum Gasteiger partial charge on any atom is -0.364 e. The van der Waals surface area contributed by atoms with Gasteiger partial charge in [0.05, 0.1) is 18.4 Å². The van der Waals surface area contributed by atoms with Crippen LogP contribution in [-0.2, 0) is 24.4 Å². The van der Waals surface area contributed by atoms with Gasteiger partial charge in [-0.1, -0.05) is 18.2 Å². The number of likely N-dealkylation sites (tertiary alicyclic amines) is 1. The highest BCUT2D eigenvalue weighted by Crippen LogP contribution is 2.35. The molecule has 2 aliphatic heterocycles. The summed E-state index contributed by atoms with van der Waals surface area (Å²) in [5.74, 6) is 0.680. The Bertz CT molecular complexity index is 958. The van der Waals surface area contributed by atoms with Gasteiger partial charge in [-0.3, -0.25) is 9.88 Å². The van der Waals surface area contributed by atoms with Gasteiger partial charge >= 0.3 is 0 Å². The number of hydrogen-bond acceptors (Lipinski definition) is 4. The number of rotatable bonds is 3. The van der Waals surface area contributed by atoms with Crippen LogP contribution < -0.4 is 0 Å². The number of benzene rings is 1. The average Bonchev–Trinajstić information content (AvgIpc) is 3.27. The number of ether oxygens (including phenoxy) is 1. The van der Waals surface area contributed by atoms with Crippen LogP contribution in [0.2, 0.25) is 0 Å². The Hall–Kier alpha value is -2.57. The Morgan fingerprint density at radius 3 is 2.96 bits per heavy atom. The van der Waals surface area contributed by atoms with Crippen LogP contribution in [0.3, 0.4) is 0 Å². The Kier molecular flexibility index (Phi) is 4.02. The third kappa shape index (κ3) is 3.15. The molecule has 1 unspecified atom stereocenters. The highest BCUT2D eigenvalue weighted by Gasteiger charge is 2.43. The maximum atomic E-state index is 13.7. The molecule has 4 heterocycles. The molecule has 1 atom stereocenters. The fourth-order valence-electron chi connectivity index (χ4n) is 4.19. The number of hydrogen-bond donors (Lipinski definition) is 0. The molecule has 0 radical (unpaired) electrons. The molecule has 5 nitrogen and oxygen atoms in total. The lowest BCUT2D eigenvalue weighted by molar-refractivity contribution is -0.0821. The van der Waals surface area contributed by atoms with Gasteiger partial charge in [-0.2, -0.15) is 0 Å². The van der Waals surface area contributed by atoms with Crippen molar-refractivity contribution in [2.45, 2.75) is 31.7 Å². The number of fused-ring (bicyclic) bond motifs is 1. The smallest absolute Gasteiger partial charge is 0.135 e. The lowest BCUT2D eigenvalue weighted by atomic mass is 10.0. The second-order valence-corrected chi connectivity index (χ2v) is 7.45. The van der Waals surface area contributed by atoms with Crippen molar-refractivity contribution >= 4 is 0 Å². The molecule has 1 saturated heterocycles. The first kappa shape index (κ1) is 16.6. The zero-order valence-corrected chi connectivity index (χ0v) is 15.0. The topological polar surface area (TPSA) is 43.2 Å². The number of imidazole rings is 1. The summed E-state index contributed by atoms with van der Waals surface area (Å²) in [6.07, 6.45) is 6.53. The van der Waals surface area contributed by atoms with Crippen LogP contribution in [0.5, 0.6) is 0 Å².